The summed E-state index contributed by atoms with van der Waals surface area (Å²) in [5, 5.41) is 9.23. The molecule has 0 unspecified atom stereocenters. The Morgan fingerprint density at radius 1 is 1.42 bits per heavy atom. The first-order valence-electron chi connectivity index (χ1n) is 3.88. The van der Waals surface area contributed by atoms with Crippen LogP contribution in [0.1, 0.15) is 18.1 Å². The van der Waals surface area contributed by atoms with E-state index in [0.29, 0.717) is 5.75 Å². The number of rotatable bonds is 1. The Balaban J connectivity index is 3.23. The van der Waals surface area contributed by atoms with Gasteiger partial charge in [-0.2, -0.15) is 0 Å². The zero-order chi connectivity index (χ0) is 9.14. The van der Waals surface area contributed by atoms with E-state index in [1.54, 1.807) is 19.2 Å². The van der Waals surface area contributed by atoms with Crippen LogP contribution in [-0.2, 0) is 0 Å². The summed E-state index contributed by atoms with van der Waals surface area (Å²) in [5.74, 6) is 0.290. The van der Waals surface area contributed by atoms with Gasteiger partial charge in [0.1, 0.15) is 5.75 Å². The van der Waals surface area contributed by atoms with Crippen molar-refractivity contribution in [3.8, 4) is 5.75 Å². The van der Waals surface area contributed by atoms with E-state index in [2.05, 4.69) is 4.99 Å². The molecule has 0 bridgehead atoms. The van der Waals surface area contributed by atoms with Crippen LogP contribution in [-0.4, -0.2) is 17.9 Å². The molecule has 0 aliphatic carbocycles. The number of benzene rings is 1. The summed E-state index contributed by atoms with van der Waals surface area (Å²) in [6.45, 7) is 3.94. The first-order valence-corrected chi connectivity index (χ1v) is 3.88. The van der Waals surface area contributed by atoms with Crippen LogP contribution >= 0.6 is 0 Å². The normalized spacial score (nSPS) is 11.8. The molecule has 1 N–H and O–H groups in total. The van der Waals surface area contributed by atoms with Gasteiger partial charge in [-0.1, -0.05) is 6.07 Å². The fourth-order valence-electron chi connectivity index (χ4n) is 1.12. The summed E-state index contributed by atoms with van der Waals surface area (Å²) in [6, 6.07) is 5.30. The third-order valence-corrected chi connectivity index (χ3v) is 1.95. The lowest BCUT2D eigenvalue weighted by Crippen LogP contribution is -1.96. The highest BCUT2D eigenvalue weighted by molar-refractivity contribution is 6.00. The van der Waals surface area contributed by atoms with Crippen molar-refractivity contribution in [1.82, 2.24) is 0 Å². The second-order valence-corrected chi connectivity index (χ2v) is 2.81. The van der Waals surface area contributed by atoms with E-state index >= 15 is 0 Å². The minimum atomic E-state index is 0.290. The lowest BCUT2D eigenvalue weighted by molar-refractivity contribution is 0.475. The van der Waals surface area contributed by atoms with Gasteiger partial charge < -0.3 is 5.11 Å². The summed E-state index contributed by atoms with van der Waals surface area (Å²) in [4.78, 5) is 4.07. The molecule has 0 aliphatic heterocycles. The molecule has 0 saturated carbocycles. The van der Waals surface area contributed by atoms with Crippen molar-refractivity contribution in [2.75, 3.05) is 7.05 Å². The van der Waals surface area contributed by atoms with Crippen LogP contribution in [0, 0.1) is 6.92 Å². The van der Waals surface area contributed by atoms with Crippen LogP contribution in [0.4, 0.5) is 0 Å². The van der Waals surface area contributed by atoms with Crippen molar-refractivity contribution in [3.05, 3.63) is 29.3 Å². The number of aryl methyl sites for hydroxylation is 1. The second kappa shape index (κ2) is 3.39. The zero-order valence-electron chi connectivity index (χ0n) is 7.63. The van der Waals surface area contributed by atoms with Gasteiger partial charge in [0.15, 0.2) is 0 Å². The second-order valence-electron chi connectivity index (χ2n) is 2.81. The van der Waals surface area contributed by atoms with Gasteiger partial charge in [-0.15, -0.1) is 0 Å². The summed E-state index contributed by atoms with van der Waals surface area (Å²) in [5.41, 5.74) is 3.09. The molecule has 2 nitrogen and oxygen atoms in total. The molecule has 0 saturated heterocycles. The molecular formula is C10H13NO. The van der Waals surface area contributed by atoms with Crippen LogP contribution < -0.4 is 0 Å². The molecule has 1 aromatic carbocycles. The average Bonchev–Trinajstić information content (AvgIpc) is 2.08. The molecule has 1 rings (SSSR count). The highest BCUT2D eigenvalue weighted by Gasteiger charge is 2.01. The van der Waals surface area contributed by atoms with Crippen LogP contribution in [0.25, 0.3) is 0 Å². The Kier molecular flexibility index (Phi) is 2.48. The maximum Gasteiger partial charge on any atom is 0.116 e. The molecule has 0 fully saturated rings. The van der Waals surface area contributed by atoms with Gasteiger partial charge in [0.25, 0.3) is 0 Å². The quantitative estimate of drug-likeness (QED) is 0.632. The molecule has 64 valence electrons. The van der Waals surface area contributed by atoms with Crippen LogP contribution in [0.3, 0.4) is 0 Å². The summed E-state index contributed by atoms with van der Waals surface area (Å²) in [6.07, 6.45) is 0. The Bertz CT molecular complexity index is 316. The lowest BCUT2D eigenvalue weighted by Gasteiger charge is -2.04. The number of nitrogens with zero attached hydrogens (tertiary/aromatic N) is 1. The maximum absolute atomic E-state index is 9.23. The molecule has 0 atom stereocenters. The smallest absolute Gasteiger partial charge is 0.116 e. The zero-order valence-corrected chi connectivity index (χ0v) is 7.63. The van der Waals surface area contributed by atoms with Crippen LogP contribution in [0.15, 0.2) is 23.2 Å². The molecule has 0 spiro atoms. The topological polar surface area (TPSA) is 32.6 Å². The third kappa shape index (κ3) is 1.64. The van der Waals surface area contributed by atoms with Gasteiger partial charge in [0, 0.05) is 18.3 Å². The van der Waals surface area contributed by atoms with Crippen molar-refractivity contribution in [1.29, 1.82) is 0 Å². The molecule has 1 aromatic rings. The van der Waals surface area contributed by atoms with Gasteiger partial charge in [-0.05, 0) is 31.5 Å². The van der Waals surface area contributed by atoms with Gasteiger partial charge >= 0.3 is 0 Å². The van der Waals surface area contributed by atoms with E-state index in [0.717, 1.165) is 16.8 Å². The summed E-state index contributed by atoms with van der Waals surface area (Å²) < 4.78 is 0. The Hall–Kier alpha value is -1.31. The van der Waals surface area contributed by atoms with Crippen LogP contribution in [0.2, 0.25) is 0 Å². The van der Waals surface area contributed by atoms with E-state index in [-0.39, 0.29) is 0 Å². The van der Waals surface area contributed by atoms with Gasteiger partial charge in [-0.25, -0.2) is 0 Å². The highest BCUT2D eigenvalue weighted by atomic mass is 16.3. The third-order valence-electron chi connectivity index (χ3n) is 1.95. The van der Waals surface area contributed by atoms with E-state index in [4.69, 9.17) is 0 Å². The van der Waals surface area contributed by atoms with E-state index in [9.17, 15) is 5.11 Å². The van der Waals surface area contributed by atoms with Gasteiger partial charge in [0.05, 0.1) is 0 Å². The predicted octanol–water partition coefficient (Wildman–Crippen LogP) is 2.14. The largest absolute Gasteiger partial charge is 0.508 e. The molecule has 0 aromatic heterocycles. The number of phenolic OH excluding ortho intramolecular Hbond substituents is 1. The van der Waals surface area contributed by atoms with Crippen molar-refractivity contribution in [2.24, 2.45) is 4.99 Å². The molecular weight excluding hydrogens is 150 g/mol. The fourth-order valence-corrected chi connectivity index (χ4v) is 1.12. The Morgan fingerprint density at radius 2 is 2.08 bits per heavy atom. The highest BCUT2D eigenvalue weighted by Crippen LogP contribution is 2.16. The van der Waals surface area contributed by atoms with E-state index < -0.39 is 0 Å². The molecule has 0 heterocycles. The van der Waals surface area contributed by atoms with Crippen LogP contribution in [0.5, 0.6) is 5.75 Å². The maximum atomic E-state index is 9.23. The standard InChI is InChI=1S/C10H13NO/c1-7-4-5-9(12)6-10(7)8(2)11-3/h4-6,12H,1-3H3. The average molecular weight is 163 g/mol. The minimum Gasteiger partial charge on any atom is -0.508 e. The Morgan fingerprint density at radius 3 is 2.67 bits per heavy atom. The molecule has 0 amide bonds. The van der Waals surface area contributed by atoms with Crippen molar-refractivity contribution < 1.29 is 5.11 Å². The minimum absolute atomic E-state index is 0.290. The number of phenols is 1. The molecule has 0 aliphatic rings. The fraction of sp³-hybridized carbons (Fsp3) is 0.300. The number of hydrogen-bond acceptors (Lipinski definition) is 2. The summed E-state index contributed by atoms with van der Waals surface area (Å²) in [7, 11) is 1.75. The van der Waals surface area contributed by atoms with E-state index in [1.165, 1.54) is 0 Å². The SMILES string of the molecule is CN=C(C)c1cc(O)ccc1C. The molecule has 2 heteroatoms. The number of aromatic hydroxyl groups is 1. The van der Waals surface area contributed by atoms with Gasteiger partial charge in [-0.3, -0.25) is 4.99 Å². The molecule has 12 heavy (non-hydrogen) atoms. The van der Waals surface area contributed by atoms with Gasteiger partial charge in [0.2, 0.25) is 0 Å². The lowest BCUT2D eigenvalue weighted by atomic mass is 10.0. The van der Waals surface area contributed by atoms with Crippen molar-refractivity contribution in [2.45, 2.75) is 13.8 Å². The number of hydrogen-bond donors (Lipinski definition) is 1. The monoisotopic (exact) mass is 163 g/mol. The Labute approximate surface area is 72.6 Å². The van der Waals surface area contributed by atoms with Crippen molar-refractivity contribution >= 4 is 5.71 Å². The predicted molar refractivity (Wildman–Crippen MR) is 51.0 cm³/mol. The first-order chi connectivity index (χ1) is 5.65. The number of aliphatic imine (C=N–C) groups is 1. The first kappa shape index (κ1) is 8.78. The van der Waals surface area contributed by atoms with E-state index in [1.807, 2.05) is 19.9 Å². The van der Waals surface area contributed by atoms with Crippen molar-refractivity contribution in [3.63, 3.8) is 0 Å². The summed E-state index contributed by atoms with van der Waals surface area (Å²) >= 11 is 0. The molecule has 0 radical (unpaired) electrons.